The molecule has 0 heterocycles. The molecule has 16 heavy (non-hydrogen) atoms. The Morgan fingerprint density at radius 1 is 1.56 bits per heavy atom. The minimum Gasteiger partial charge on any atom is -0.379 e. The van der Waals surface area contributed by atoms with Gasteiger partial charge in [-0.15, -0.1) is 12.3 Å². The van der Waals surface area contributed by atoms with Gasteiger partial charge in [-0.3, -0.25) is 10.1 Å². The number of benzene rings is 1. The van der Waals surface area contributed by atoms with Gasteiger partial charge in [0.05, 0.1) is 4.92 Å². The number of nitro benzene ring substituents is 1. The molecule has 0 fully saturated rings. The van der Waals surface area contributed by atoms with E-state index >= 15 is 0 Å². The number of nitrogens with zero attached hydrogens (tertiary/aromatic N) is 1. The fraction of sp³-hybridized carbons (Fsp3) is 0.273. The number of anilines is 1. The van der Waals surface area contributed by atoms with Crippen molar-refractivity contribution in [3.05, 3.63) is 33.3 Å². The smallest absolute Gasteiger partial charge is 0.293 e. The quantitative estimate of drug-likeness (QED) is 0.371. The van der Waals surface area contributed by atoms with Crippen molar-refractivity contribution in [1.29, 1.82) is 0 Å². The lowest BCUT2D eigenvalue weighted by atomic mass is 10.2. The lowest BCUT2D eigenvalue weighted by molar-refractivity contribution is -0.383. The Kier molecular flexibility index (Phi) is 4.62. The summed E-state index contributed by atoms with van der Waals surface area (Å²) in [6, 6.07) is 4.53. The van der Waals surface area contributed by atoms with Gasteiger partial charge in [-0.1, -0.05) is 11.6 Å². The predicted molar refractivity (Wildman–Crippen MR) is 64.7 cm³/mol. The van der Waals surface area contributed by atoms with Gasteiger partial charge in [-0.25, -0.2) is 0 Å². The number of halogens is 1. The van der Waals surface area contributed by atoms with E-state index in [4.69, 9.17) is 18.0 Å². The summed E-state index contributed by atoms with van der Waals surface area (Å²) >= 11 is 5.69. The zero-order chi connectivity index (χ0) is 12.0. The van der Waals surface area contributed by atoms with Crippen molar-refractivity contribution < 1.29 is 4.92 Å². The minimum atomic E-state index is -0.463. The van der Waals surface area contributed by atoms with E-state index in [9.17, 15) is 10.1 Å². The highest BCUT2D eigenvalue weighted by atomic mass is 35.5. The highest BCUT2D eigenvalue weighted by Crippen LogP contribution is 2.27. The molecule has 0 bridgehead atoms. The summed E-state index contributed by atoms with van der Waals surface area (Å²) in [4.78, 5) is 10.3. The summed E-state index contributed by atoms with van der Waals surface area (Å²) in [5, 5.41) is 14.0. The topological polar surface area (TPSA) is 55.2 Å². The fourth-order valence-electron chi connectivity index (χ4n) is 1.22. The first kappa shape index (κ1) is 12.3. The van der Waals surface area contributed by atoms with Gasteiger partial charge in [0.1, 0.15) is 5.69 Å². The minimum absolute atomic E-state index is 0.0202. The Morgan fingerprint density at radius 2 is 2.31 bits per heavy atom. The molecular weight excluding hydrogens is 228 g/mol. The molecule has 0 radical (unpaired) electrons. The molecule has 0 aliphatic heterocycles. The Hall–Kier alpha value is -1.73. The third-order valence-electron chi connectivity index (χ3n) is 1.97. The molecule has 1 rings (SSSR count). The van der Waals surface area contributed by atoms with Gasteiger partial charge in [0.25, 0.3) is 5.69 Å². The molecular formula is C11H11ClN2O2. The summed E-state index contributed by atoms with van der Waals surface area (Å²) in [5.41, 5.74) is 0.444. The molecule has 1 N–H and O–H groups in total. The van der Waals surface area contributed by atoms with E-state index in [0.717, 1.165) is 6.42 Å². The highest BCUT2D eigenvalue weighted by Gasteiger charge is 2.13. The van der Waals surface area contributed by atoms with E-state index in [1.54, 1.807) is 12.1 Å². The molecule has 0 unspecified atom stereocenters. The van der Waals surface area contributed by atoms with Crippen LogP contribution in [0.4, 0.5) is 11.4 Å². The van der Waals surface area contributed by atoms with Crippen LogP contribution in [0.2, 0.25) is 5.02 Å². The first-order valence-corrected chi connectivity index (χ1v) is 5.14. The summed E-state index contributed by atoms with van der Waals surface area (Å²) in [7, 11) is 0. The molecule has 1 aromatic rings. The molecule has 0 saturated carbocycles. The zero-order valence-corrected chi connectivity index (χ0v) is 9.33. The van der Waals surface area contributed by atoms with E-state index in [1.165, 1.54) is 6.07 Å². The largest absolute Gasteiger partial charge is 0.379 e. The van der Waals surface area contributed by atoms with E-state index < -0.39 is 4.92 Å². The van der Waals surface area contributed by atoms with E-state index in [0.29, 0.717) is 23.7 Å². The van der Waals surface area contributed by atoms with Crippen molar-refractivity contribution in [3.8, 4) is 12.3 Å². The van der Waals surface area contributed by atoms with Crippen LogP contribution in [0.3, 0.4) is 0 Å². The molecule has 0 saturated heterocycles. The molecule has 0 aromatic heterocycles. The van der Waals surface area contributed by atoms with Crippen LogP contribution in [0, 0.1) is 22.5 Å². The van der Waals surface area contributed by atoms with Crippen LogP contribution >= 0.6 is 11.6 Å². The molecule has 0 aliphatic rings. The Balaban J connectivity index is 2.72. The number of hydrogen-bond acceptors (Lipinski definition) is 3. The zero-order valence-electron chi connectivity index (χ0n) is 8.57. The number of unbranched alkanes of at least 4 members (excludes halogenated alkanes) is 1. The SMILES string of the molecule is C#CCCCNc1ccc(Cl)cc1[N+](=O)[O-]. The van der Waals surface area contributed by atoms with Gasteiger partial charge in [0, 0.05) is 24.1 Å². The average Bonchev–Trinajstić information content (AvgIpc) is 2.26. The number of hydrogen-bond donors (Lipinski definition) is 1. The average molecular weight is 239 g/mol. The van der Waals surface area contributed by atoms with Crippen molar-refractivity contribution >= 4 is 23.0 Å². The number of terminal acetylenes is 1. The van der Waals surface area contributed by atoms with Crippen LogP contribution in [-0.2, 0) is 0 Å². The molecule has 1 aromatic carbocycles. The molecule has 0 amide bonds. The second kappa shape index (κ2) is 5.99. The van der Waals surface area contributed by atoms with Crippen molar-refractivity contribution in [1.82, 2.24) is 0 Å². The Bertz CT molecular complexity index is 426. The van der Waals surface area contributed by atoms with E-state index in [2.05, 4.69) is 11.2 Å². The summed E-state index contributed by atoms with van der Waals surface area (Å²) in [6.07, 6.45) is 6.52. The van der Waals surface area contributed by atoms with Crippen molar-refractivity contribution in [2.24, 2.45) is 0 Å². The van der Waals surface area contributed by atoms with Gasteiger partial charge in [0.15, 0.2) is 0 Å². The van der Waals surface area contributed by atoms with Crippen LogP contribution in [0.25, 0.3) is 0 Å². The summed E-state index contributed by atoms with van der Waals surface area (Å²) in [6.45, 7) is 0.604. The molecule has 84 valence electrons. The van der Waals surface area contributed by atoms with Crippen molar-refractivity contribution in [2.75, 3.05) is 11.9 Å². The maximum absolute atomic E-state index is 10.7. The maximum atomic E-state index is 10.7. The lowest BCUT2D eigenvalue weighted by Gasteiger charge is -2.05. The maximum Gasteiger partial charge on any atom is 0.293 e. The third-order valence-corrected chi connectivity index (χ3v) is 2.20. The normalized spacial score (nSPS) is 9.50. The van der Waals surface area contributed by atoms with E-state index in [-0.39, 0.29) is 5.69 Å². The first-order chi connectivity index (χ1) is 7.65. The van der Waals surface area contributed by atoms with Crippen LogP contribution in [-0.4, -0.2) is 11.5 Å². The monoisotopic (exact) mass is 238 g/mol. The van der Waals surface area contributed by atoms with Crippen LogP contribution in [0.15, 0.2) is 18.2 Å². The second-order valence-corrected chi connectivity index (χ2v) is 3.59. The Morgan fingerprint density at radius 3 is 2.94 bits per heavy atom. The summed E-state index contributed by atoms with van der Waals surface area (Å²) < 4.78 is 0. The van der Waals surface area contributed by atoms with Crippen LogP contribution in [0.1, 0.15) is 12.8 Å². The molecule has 0 atom stereocenters. The van der Waals surface area contributed by atoms with Crippen LogP contribution in [0.5, 0.6) is 0 Å². The van der Waals surface area contributed by atoms with Gasteiger partial charge < -0.3 is 5.32 Å². The third kappa shape index (κ3) is 3.44. The molecule has 0 spiro atoms. The first-order valence-electron chi connectivity index (χ1n) is 4.76. The predicted octanol–water partition coefficient (Wildman–Crippen LogP) is 3.07. The highest BCUT2D eigenvalue weighted by molar-refractivity contribution is 6.30. The van der Waals surface area contributed by atoms with Crippen LogP contribution < -0.4 is 5.32 Å². The molecule has 5 heteroatoms. The van der Waals surface area contributed by atoms with Gasteiger partial charge in [-0.2, -0.15) is 0 Å². The number of rotatable bonds is 5. The lowest BCUT2D eigenvalue weighted by Crippen LogP contribution is -2.03. The van der Waals surface area contributed by atoms with Gasteiger partial charge in [-0.05, 0) is 18.6 Å². The molecule has 0 aliphatic carbocycles. The Labute approximate surface area is 98.8 Å². The number of nitro groups is 1. The summed E-state index contributed by atoms with van der Waals surface area (Å²) in [5.74, 6) is 2.51. The van der Waals surface area contributed by atoms with Crippen molar-refractivity contribution in [2.45, 2.75) is 12.8 Å². The fourth-order valence-corrected chi connectivity index (χ4v) is 1.39. The standard InChI is InChI=1S/C11H11ClN2O2/c1-2-3-4-7-13-10-6-5-9(12)8-11(10)14(15)16/h1,5-6,8,13H,3-4,7H2. The van der Waals surface area contributed by atoms with Gasteiger partial charge >= 0.3 is 0 Å². The van der Waals surface area contributed by atoms with E-state index in [1.807, 2.05) is 0 Å². The molecule has 4 nitrogen and oxygen atoms in total. The van der Waals surface area contributed by atoms with Gasteiger partial charge in [0.2, 0.25) is 0 Å². The van der Waals surface area contributed by atoms with Crippen molar-refractivity contribution in [3.63, 3.8) is 0 Å². The number of nitrogens with one attached hydrogen (secondary N) is 1. The second-order valence-electron chi connectivity index (χ2n) is 3.15.